The maximum Gasteiger partial charge on any atom is 0.262 e. The van der Waals surface area contributed by atoms with Gasteiger partial charge >= 0.3 is 0 Å². The molecule has 8 heteroatoms. The molecule has 0 unspecified atom stereocenters. The Morgan fingerprint density at radius 1 is 0.907 bits per heavy atom. The van der Waals surface area contributed by atoms with Crippen LogP contribution in [0.3, 0.4) is 0 Å². The highest BCUT2D eigenvalue weighted by Crippen LogP contribution is 2.52. The van der Waals surface area contributed by atoms with Crippen LogP contribution in [0.15, 0.2) is 52.9 Å². The molecule has 43 heavy (non-hydrogen) atoms. The van der Waals surface area contributed by atoms with Crippen LogP contribution >= 0.6 is 11.6 Å². The van der Waals surface area contributed by atoms with Crippen LogP contribution in [0.1, 0.15) is 82.9 Å². The average molecular weight is 605 g/mol. The van der Waals surface area contributed by atoms with Gasteiger partial charge in [-0.2, -0.15) is 0 Å². The van der Waals surface area contributed by atoms with E-state index in [2.05, 4.69) is 38.3 Å². The zero-order valence-electron chi connectivity index (χ0n) is 26.1. The van der Waals surface area contributed by atoms with E-state index in [9.17, 15) is 14.4 Å². The minimum Gasteiger partial charge on any atom is -0.490 e. The van der Waals surface area contributed by atoms with E-state index in [1.807, 2.05) is 39.0 Å². The summed E-state index contributed by atoms with van der Waals surface area (Å²) in [7, 11) is 0. The van der Waals surface area contributed by atoms with Crippen molar-refractivity contribution in [2.75, 3.05) is 18.5 Å². The Balaban J connectivity index is 1.51. The van der Waals surface area contributed by atoms with Gasteiger partial charge in [-0.3, -0.25) is 14.4 Å². The highest BCUT2D eigenvalue weighted by molar-refractivity contribution is 6.32. The molecular weight excluding hydrogens is 564 g/mol. The van der Waals surface area contributed by atoms with Gasteiger partial charge in [-0.15, -0.1) is 0 Å². The number of allylic oxidation sites excluding steroid dienone is 4. The molecule has 3 aliphatic rings. The third kappa shape index (κ3) is 6.37. The average Bonchev–Trinajstić information content (AvgIpc) is 2.87. The molecule has 0 saturated heterocycles. The largest absolute Gasteiger partial charge is 0.490 e. The highest BCUT2D eigenvalue weighted by Gasteiger charge is 2.46. The van der Waals surface area contributed by atoms with Crippen molar-refractivity contribution in [2.24, 2.45) is 10.8 Å². The van der Waals surface area contributed by atoms with Crippen LogP contribution in [0, 0.1) is 24.7 Å². The maximum absolute atomic E-state index is 13.7. The smallest absolute Gasteiger partial charge is 0.262 e. The molecule has 0 aromatic heterocycles. The van der Waals surface area contributed by atoms with Crippen molar-refractivity contribution in [3.63, 3.8) is 0 Å². The number of dihydropyridines is 1. The number of rotatable bonds is 7. The summed E-state index contributed by atoms with van der Waals surface area (Å²) >= 11 is 6.83. The molecule has 5 rings (SSSR count). The summed E-state index contributed by atoms with van der Waals surface area (Å²) in [6, 6.07) is 9.25. The van der Waals surface area contributed by atoms with Crippen molar-refractivity contribution < 1.29 is 23.9 Å². The Hall–Kier alpha value is -3.58. The predicted octanol–water partition coefficient (Wildman–Crippen LogP) is 7.35. The summed E-state index contributed by atoms with van der Waals surface area (Å²) in [5.74, 6) is -0.223. The lowest BCUT2D eigenvalue weighted by molar-refractivity contribution is -0.119. The number of ketones is 2. The topological polar surface area (TPSA) is 93.7 Å². The summed E-state index contributed by atoms with van der Waals surface area (Å²) in [4.78, 5) is 40.2. The minimum absolute atomic E-state index is 0.0327. The number of nitrogens with one attached hydrogen (secondary N) is 2. The number of amides is 1. The Morgan fingerprint density at radius 3 is 2.07 bits per heavy atom. The number of benzene rings is 2. The van der Waals surface area contributed by atoms with Gasteiger partial charge in [-0.05, 0) is 85.4 Å². The lowest BCUT2D eigenvalue weighted by Crippen LogP contribution is -2.42. The normalized spacial score (nSPS) is 19.4. The summed E-state index contributed by atoms with van der Waals surface area (Å²) < 4.78 is 11.9. The van der Waals surface area contributed by atoms with Gasteiger partial charge in [-0.1, -0.05) is 45.4 Å². The van der Waals surface area contributed by atoms with Gasteiger partial charge in [0.05, 0.1) is 11.6 Å². The fourth-order valence-electron chi connectivity index (χ4n) is 6.53. The molecule has 0 fully saturated rings. The second-order valence-corrected chi connectivity index (χ2v) is 14.0. The van der Waals surface area contributed by atoms with Crippen molar-refractivity contribution in [1.29, 1.82) is 0 Å². The molecular formula is C35H41ClN2O5. The summed E-state index contributed by atoms with van der Waals surface area (Å²) in [5.41, 5.74) is 6.24. The highest BCUT2D eigenvalue weighted by atomic mass is 35.5. The molecule has 0 saturated carbocycles. The van der Waals surface area contributed by atoms with E-state index < -0.39 is 5.92 Å². The number of halogens is 1. The molecule has 2 aromatic rings. The van der Waals surface area contributed by atoms with E-state index in [0.29, 0.717) is 60.4 Å². The van der Waals surface area contributed by atoms with Crippen LogP contribution in [0.5, 0.6) is 11.5 Å². The molecule has 0 radical (unpaired) electrons. The monoisotopic (exact) mass is 604 g/mol. The number of anilines is 1. The number of aryl methyl sites for hydroxylation is 2. The maximum atomic E-state index is 13.7. The quantitative estimate of drug-likeness (QED) is 0.343. The lowest BCUT2D eigenvalue weighted by Gasteiger charge is -2.44. The first-order valence-electron chi connectivity index (χ1n) is 14.9. The second kappa shape index (κ2) is 11.5. The van der Waals surface area contributed by atoms with Crippen LogP contribution in [0.2, 0.25) is 5.02 Å². The summed E-state index contributed by atoms with van der Waals surface area (Å²) in [5, 5.41) is 6.64. The molecule has 1 amide bonds. The first kappa shape index (κ1) is 30.9. The van der Waals surface area contributed by atoms with Crippen molar-refractivity contribution in [2.45, 2.75) is 80.1 Å². The van der Waals surface area contributed by atoms with Gasteiger partial charge in [0.25, 0.3) is 5.91 Å². The van der Waals surface area contributed by atoms with Crippen LogP contribution in [0.25, 0.3) is 0 Å². The number of hydrogen-bond acceptors (Lipinski definition) is 6. The van der Waals surface area contributed by atoms with Crippen molar-refractivity contribution in [3.8, 4) is 11.5 Å². The predicted molar refractivity (Wildman–Crippen MR) is 169 cm³/mol. The van der Waals surface area contributed by atoms with Gasteiger partial charge in [-0.25, -0.2) is 0 Å². The Kier molecular flexibility index (Phi) is 8.25. The Labute approximate surface area is 259 Å². The Morgan fingerprint density at radius 2 is 1.51 bits per heavy atom. The number of ether oxygens (including phenoxy) is 2. The summed E-state index contributed by atoms with van der Waals surface area (Å²) in [6.07, 6.45) is 2.21. The number of carbonyl (C=O) groups is 3. The van der Waals surface area contributed by atoms with Crippen molar-refractivity contribution in [3.05, 3.63) is 74.6 Å². The zero-order valence-corrected chi connectivity index (χ0v) is 26.9. The van der Waals surface area contributed by atoms with Crippen LogP contribution in [-0.4, -0.2) is 30.7 Å². The third-order valence-corrected chi connectivity index (χ3v) is 8.80. The molecule has 0 atom stereocenters. The molecule has 2 aliphatic carbocycles. The summed E-state index contributed by atoms with van der Waals surface area (Å²) in [6.45, 7) is 14.3. The van der Waals surface area contributed by atoms with E-state index in [-0.39, 0.29) is 45.7 Å². The first-order valence-corrected chi connectivity index (χ1v) is 15.3. The fraction of sp³-hybridized carbons (Fsp3) is 0.457. The number of Topliss-reactive ketones (excluding diaryl/α,β-unsaturated/α-hetero) is 2. The molecule has 7 nitrogen and oxygen atoms in total. The van der Waals surface area contributed by atoms with Gasteiger partial charge in [0.15, 0.2) is 29.7 Å². The zero-order chi connectivity index (χ0) is 31.3. The molecule has 228 valence electrons. The van der Waals surface area contributed by atoms with Crippen LogP contribution in [-0.2, 0) is 14.4 Å². The molecule has 2 aromatic carbocycles. The van der Waals surface area contributed by atoms with Gasteiger partial charge < -0.3 is 20.1 Å². The minimum atomic E-state index is -0.558. The van der Waals surface area contributed by atoms with E-state index >= 15 is 0 Å². The van der Waals surface area contributed by atoms with Crippen LogP contribution < -0.4 is 20.1 Å². The van der Waals surface area contributed by atoms with E-state index in [4.69, 9.17) is 21.1 Å². The molecule has 0 bridgehead atoms. The second-order valence-electron chi connectivity index (χ2n) is 13.6. The number of hydrogen-bond donors (Lipinski definition) is 2. The van der Waals surface area contributed by atoms with Gasteiger partial charge in [0.2, 0.25) is 0 Å². The van der Waals surface area contributed by atoms with Crippen LogP contribution in [0.4, 0.5) is 5.69 Å². The molecule has 1 heterocycles. The van der Waals surface area contributed by atoms with Crippen molar-refractivity contribution in [1.82, 2.24) is 5.32 Å². The molecule has 1 aliphatic heterocycles. The van der Waals surface area contributed by atoms with Gasteiger partial charge in [0, 0.05) is 47.0 Å². The third-order valence-electron chi connectivity index (χ3n) is 8.52. The lowest BCUT2D eigenvalue weighted by atomic mass is 9.64. The number of carbonyl (C=O) groups excluding carboxylic acids is 3. The molecule has 2 N–H and O–H groups in total. The van der Waals surface area contributed by atoms with E-state index in [0.717, 1.165) is 22.5 Å². The molecule has 0 spiro atoms. The standard InChI is InChI=1S/C35H41ClN2O5/c1-8-42-28-13-21(12-23(36)33(28)43-18-29(41)37-22-10-9-19(2)20(3)11-22)30-31-24(14-34(4,5)16-26(31)39)38-25-15-35(6,7)17-27(40)32(25)30/h9-13,30,38H,8,14-18H2,1-7H3,(H,37,41). The fourth-order valence-corrected chi connectivity index (χ4v) is 6.81. The van der Waals surface area contributed by atoms with E-state index in [1.54, 1.807) is 12.1 Å². The SMILES string of the molecule is CCOc1cc(C2C3=C(CC(C)(C)CC3=O)NC3=C2C(=O)CC(C)(C)C3)cc(Cl)c1OCC(=O)Nc1ccc(C)c(C)c1. The van der Waals surface area contributed by atoms with E-state index in [1.165, 1.54) is 0 Å². The van der Waals surface area contributed by atoms with Crippen molar-refractivity contribution >= 4 is 34.8 Å². The first-order chi connectivity index (χ1) is 20.2. The Bertz CT molecular complexity index is 1530. The van der Waals surface area contributed by atoms with Gasteiger partial charge in [0.1, 0.15) is 0 Å².